The molecule has 25 heavy (non-hydrogen) atoms. The number of piperazine rings is 1. The monoisotopic (exact) mass is 341 g/mol. The van der Waals surface area contributed by atoms with E-state index >= 15 is 0 Å². The van der Waals surface area contributed by atoms with Crippen LogP contribution in [0.25, 0.3) is 0 Å². The lowest BCUT2D eigenvalue weighted by atomic mass is 10.1. The third-order valence-corrected chi connectivity index (χ3v) is 4.87. The van der Waals surface area contributed by atoms with Gasteiger partial charge in [0.15, 0.2) is 0 Å². The first kappa shape index (κ1) is 17.5. The zero-order valence-corrected chi connectivity index (χ0v) is 15.6. The molecule has 0 aliphatic carbocycles. The van der Waals surface area contributed by atoms with Gasteiger partial charge < -0.3 is 14.4 Å². The van der Waals surface area contributed by atoms with Gasteiger partial charge in [0.05, 0.1) is 0 Å². The molecule has 1 fully saturated rings. The van der Waals surface area contributed by atoms with Crippen molar-refractivity contribution < 1.29 is 4.79 Å². The summed E-state index contributed by atoms with van der Waals surface area (Å²) in [6.07, 6.45) is 4.25. The van der Waals surface area contributed by atoms with Gasteiger partial charge in [0.25, 0.3) is 0 Å². The first-order chi connectivity index (χ1) is 11.9. The van der Waals surface area contributed by atoms with E-state index < -0.39 is 0 Å². The maximum atomic E-state index is 12.6. The molecule has 3 heterocycles. The van der Waals surface area contributed by atoms with Crippen LogP contribution in [0.3, 0.4) is 0 Å². The van der Waals surface area contributed by atoms with Crippen LogP contribution in [0.2, 0.25) is 0 Å². The van der Waals surface area contributed by atoms with E-state index in [1.54, 1.807) is 6.20 Å². The number of imidazole rings is 1. The van der Waals surface area contributed by atoms with Gasteiger partial charge in [0, 0.05) is 68.1 Å². The van der Waals surface area contributed by atoms with Crippen molar-refractivity contribution in [1.82, 2.24) is 19.4 Å². The molecule has 0 N–H and O–H groups in total. The number of amides is 1. The van der Waals surface area contributed by atoms with E-state index in [0.29, 0.717) is 6.42 Å². The largest absolute Gasteiger partial charge is 0.368 e. The van der Waals surface area contributed by atoms with Gasteiger partial charge in [0.1, 0.15) is 5.82 Å². The molecule has 0 saturated carbocycles. The highest BCUT2D eigenvalue weighted by molar-refractivity contribution is 5.77. The second kappa shape index (κ2) is 7.25. The van der Waals surface area contributed by atoms with E-state index in [4.69, 9.17) is 0 Å². The Labute approximate surface area is 149 Å². The van der Waals surface area contributed by atoms with Crippen LogP contribution in [0.1, 0.15) is 36.6 Å². The zero-order chi connectivity index (χ0) is 18.0. The average molecular weight is 341 g/mol. The van der Waals surface area contributed by atoms with Gasteiger partial charge >= 0.3 is 0 Å². The first-order valence-corrected chi connectivity index (χ1v) is 8.91. The quantitative estimate of drug-likeness (QED) is 0.857. The number of pyridine rings is 1. The fourth-order valence-electron chi connectivity index (χ4n) is 3.54. The van der Waals surface area contributed by atoms with Gasteiger partial charge in [-0.3, -0.25) is 9.78 Å². The highest BCUT2D eigenvalue weighted by Crippen LogP contribution is 2.20. The van der Waals surface area contributed by atoms with E-state index in [1.165, 1.54) is 5.69 Å². The Morgan fingerprint density at radius 3 is 2.32 bits per heavy atom. The lowest BCUT2D eigenvalue weighted by Gasteiger charge is -2.36. The number of aromatic nitrogens is 3. The van der Waals surface area contributed by atoms with Crippen molar-refractivity contribution >= 4 is 11.6 Å². The van der Waals surface area contributed by atoms with E-state index in [1.807, 2.05) is 31.9 Å². The predicted octanol–water partition coefficient (Wildman–Crippen LogP) is 2.50. The lowest BCUT2D eigenvalue weighted by molar-refractivity contribution is -0.132. The Morgan fingerprint density at radius 2 is 1.76 bits per heavy atom. The molecule has 6 heteroatoms. The highest BCUT2D eigenvalue weighted by atomic mass is 16.2. The summed E-state index contributed by atoms with van der Waals surface area (Å²) < 4.78 is 2.07. The Balaban J connectivity index is 1.56. The molecule has 3 rings (SSSR count). The molecule has 134 valence electrons. The fourth-order valence-corrected chi connectivity index (χ4v) is 3.54. The summed E-state index contributed by atoms with van der Waals surface area (Å²) in [4.78, 5) is 25.6. The van der Waals surface area contributed by atoms with Crippen LogP contribution in [0, 0.1) is 20.8 Å². The molecule has 0 spiro atoms. The van der Waals surface area contributed by atoms with Gasteiger partial charge in [-0.1, -0.05) is 0 Å². The van der Waals surface area contributed by atoms with Crippen LogP contribution in [0.5, 0.6) is 0 Å². The molecular weight excluding hydrogens is 314 g/mol. The molecule has 1 amide bonds. The third-order valence-electron chi connectivity index (χ3n) is 4.87. The molecule has 0 aromatic carbocycles. The van der Waals surface area contributed by atoms with Crippen molar-refractivity contribution in [2.24, 2.45) is 0 Å². The molecule has 1 atom stereocenters. The van der Waals surface area contributed by atoms with Gasteiger partial charge in [0.2, 0.25) is 5.91 Å². The Morgan fingerprint density at radius 1 is 1.12 bits per heavy atom. The Hall–Kier alpha value is -2.37. The van der Waals surface area contributed by atoms with Crippen molar-refractivity contribution in [1.29, 1.82) is 0 Å². The van der Waals surface area contributed by atoms with Gasteiger partial charge in [-0.05, 0) is 39.8 Å². The van der Waals surface area contributed by atoms with Crippen LogP contribution >= 0.6 is 0 Å². The van der Waals surface area contributed by atoms with E-state index in [-0.39, 0.29) is 11.9 Å². The number of aryl methyl sites for hydroxylation is 3. The number of hydrogen-bond donors (Lipinski definition) is 0. The summed E-state index contributed by atoms with van der Waals surface area (Å²) in [5.74, 6) is 1.18. The molecule has 1 unspecified atom stereocenters. The number of carbonyl (C=O) groups excluding carboxylic acids is 1. The minimum atomic E-state index is 0.138. The normalized spacial score (nSPS) is 16.2. The third kappa shape index (κ3) is 4.00. The number of rotatable bonds is 4. The lowest BCUT2D eigenvalue weighted by Crippen LogP contribution is -2.49. The molecule has 1 aliphatic rings. The van der Waals surface area contributed by atoms with Crippen LogP contribution in [0.4, 0.5) is 5.69 Å². The van der Waals surface area contributed by atoms with Gasteiger partial charge in [-0.25, -0.2) is 4.98 Å². The molecule has 2 aromatic heterocycles. The molecule has 1 aliphatic heterocycles. The minimum absolute atomic E-state index is 0.138. The predicted molar refractivity (Wildman–Crippen MR) is 98.8 cm³/mol. The van der Waals surface area contributed by atoms with Crippen LogP contribution in [-0.2, 0) is 4.79 Å². The molecule has 0 radical (unpaired) electrons. The maximum absolute atomic E-state index is 12.6. The number of carbonyl (C=O) groups is 1. The van der Waals surface area contributed by atoms with E-state index in [9.17, 15) is 4.79 Å². The van der Waals surface area contributed by atoms with Crippen molar-refractivity contribution in [3.63, 3.8) is 0 Å². The number of hydrogen-bond acceptors (Lipinski definition) is 4. The molecule has 6 nitrogen and oxygen atoms in total. The summed E-state index contributed by atoms with van der Waals surface area (Å²) >= 11 is 0. The van der Waals surface area contributed by atoms with Crippen molar-refractivity contribution in [2.75, 3.05) is 31.1 Å². The average Bonchev–Trinajstić information content (AvgIpc) is 3.00. The van der Waals surface area contributed by atoms with Gasteiger partial charge in [-0.2, -0.15) is 0 Å². The molecule has 2 aromatic rings. The van der Waals surface area contributed by atoms with E-state index in [2.05, 4.69) is 38.5 Å². The highest BCUT2D eigenvalue weighted by Gasteiger charge is 2.23. The van der Waals surface area contributed by atoms with Crippen molar-refractivity contribution in [2.45, 2.75) is 40.2 Å². The summed E-state index contributed by atoms with van der Waals surface area (Å²) in [5.41, 5.74) is 3.29. The molecular formula is C19H27N5O. The topological polar surface area (TPSA) is 54.3 Å². The van der Waals surface area contributed by atoms with Crippen LogP contribution < -0.4 is 4.90 Å². The maximum Gasteiger partial charge on any atom is 0.224 e. The SMILES string of the molecule is Cc1cc(N2CCN(C(=O)CC(C)n3ccnc3C)CC2)cc(C)n1. The minimum Gasteiger partial charge on any atom is -0.368 e. The second-order valence-corrected chi connectivity index (χ2v) is 6.91. The molecule has 0 bridgehead atoms. The van der Waals surface area contributed by atoms with Crippen molar-refractivity contribution in [3.8, 4) is 0 Å². The summed E-state index contributed by atoms with van der Waals surface area (Å²) in [6, 6.07) is 4.38. The first-order valence-electron chi connectivity index (χ1n) is 8.91. The van der Waals surface area contributed by atoms with Crippen molar-refractivity contribution in [3.05, 3.63) is 41.7 Å². The Kier molecular flexibility index (Phi) is 5.06. The Bertz CT molecular complexity index is 726. The van der Waals surface area contributed by atoms with E-state index in [0.717, 1.165) is 43.4 Å². The summed E-state index contributed by atoms with van der Waals surface area (Å²) in [7, 11) is 0. The fraction of sp³-hybridized carbons (Fsp3) is 0.526. The summed E-state index contributed by atoms with van der Waals surface area (Å²) in [5, 5.41) is 0. The summed E-state index contributed by atoms with van der Waals surface area (Å²) in [6.45, 7) is 11.4. The molecule has 1 saturated heterocycles. The number of nitrogens with zero attached hydrogens (tertiary/aromatic N) is 5. The van der Waals surface area contributed by atoms with Crippen LogP contribution in [-0.4, -0.2) is 51.5 Å². The second-order valence-electron chi connectivity index (χ2n) is 6.91. The standard InChI is InChI=1S/C19H27N5O/c1-14-11-18(12-15(2)21-14)22-7-9-23(10-8-22)19(25)13-16(3)24-6-5-20-17(24)4/h5-6,11-12,16H,7-10,13H2,1-4H3. The smallest absolute Gasteiger partial charge is 0.224 e. The zero-order valence-electron chi connectivity index (χ0n) is 15.6. The van der Waals surface area contributed by atoms with Gasteiger partial charge in [-0.15, -0.1) is 0 Å². The van der Waals surface area contributed by atoms with Crippen LogP contribution in [0.15, 0.2) is 24.5 Å². The number of anilines is 1.